The lowest BCUT2D eigenvalue weighted by Crippen LogP contribution is -2.29. The van der Waals surface area contributed by atoms with E-state index in [4.69, 9.17) is 0 Å². The fourth-order valence-corrected chi connectivity index (χ4v) is 1.26. The van der Waals surface area contributed by atoms with E-state index >= 15 is 0 Å². The first-order chi connectivity index (χ1) is 3.97. The average molecular weight is 111 g/mol. The van der Waals surface area contributed by atoms with E-state index in [1.54, 1.807) is 0 Å². The van der Waals surface area contributed by atoms with Crippen molar-refractivity contribution < 1.29 is 0 Å². The Morgan fingerprint density at radius 3 is 3.62 bits per heavy atom. The van der Waals surface area contributed by atoms with Crippen LogP contribution in [0.5, 0.6) is 0 Å². The molecule has 0 spiro atoms. The minimum atomic E-state index is 0.537. The molecule has 0 radical (unpaired) electrons. The summed E-state index contributed by atoms with van der Waals surface area (Å²) in [6, 6.07) is 0. The Labute approximate surface area is 48.4 Å². The van der Waals surface area contributed by atoms with Gasteiger partial charge in [-0.3, -0.25) is 5.43 Å². The summed E-state index contributed by atoms with van der Waals surface area (Å²) in [5.41, 5.74) is 3.01. The van der Waals surface area contributed by atoms with Crippen LogP contribution in [-0.2, 0) is 0 Å². The quantitative estimate of drug-likeness (QED) is 0.475. The molecule has 0 aliphatic carbocycles. The third kappa shape index (κ3) is 0.412. The molecule has 1 N–H and O–H groups in total. The molecule has 2 heterocycles. The molecule has 0 amide bonds. The summed E-state index contributed by atoms with van der Waals surface area (Å²) < 4.78 is 0. The summed E-state index contributed by atoms with van der Waals surface area (Å²) in [6.07, 6.45) is 4.98. The molecule has 1 fully saturated rings. The second kappa shape index (κ2) is 1.37. The van der Waals surface area contributed by atoms with Crippen molar-refractivity contribution in [2.75, 3.05) is 6.54 Å². The molecule has 2 aliphatic heterocycles. The smallest absolute Gasteiger partial charge is 0.116 e. The van der Waals surface area contributed by atoms with E-state index in [0.717, 1.165) is 0 Å². The lowest BCUT2D eigenvalue weighted by molar-refractivity contribution is 0.382. The topological polar surface area (TPSA) is 27.6 Å². The molecule has 0 saturated carbocycles. The van der Waals surface area contributed by atoms with Crippen LogP contribution < -0.4 is 5.43 Å². The first-order valence-corrected chi connectivity index (χ1v) is 3.01. The minimum absolute atomic E-state index is 0.537. The molecular weight excluding hydrogens is 102 g/mol. The molecule has 8 heavy (non-hydrogen) atoms. The van der Waals surface area contributed by atoms with Gasteiger partial charge in [0.2, 0.25) is 0 Å². The Bertz CT molecular complexity index is 121. The van der Waals surface area contributed by atoms with E-state index in [-0.39, 0.29) is 0 Å². The van der Waals surface area contributed by atoms with E-state index in [0.29, 0.717) is 6.17 Å². The van der Waals surface area contributed by atoms with Crippen LogP contribution >= 0.6 is 0 Å². The van der Waals surface area contributed by atoms with E-state index < -0.39 is 0 Å². The predicted octanol–water partition coefficient (Wildman–Crippen LogP) is -0.0452. The van der Waals surface area contributed by atoms with Gasteiger partial charge in [-0.15, -0.1) is 0 Å². The molecular formula is C5H9N3. The monoisotopic (exact) mass is 111 g/mol. The second-order valence-corrected chi connectivity index (χ2v) is 2.27. The van der Waals surface area contributed by atoms with Crippen molar-refractivity contribution in [1.82, 2.24) is 10.3 Å². The van der Waals surface area contributed by atoms with Gasteiger partial charge in [-0.25, -0.2) is 0 Å². The van der Waals surface area contributed by atoms with Crippen molar-refractivity contribution in [2.45, 2.75) is 19.0 Å². The van der Waals surface area contributed by atoms with Crippen molar-refractivity contribution >= 4 is 6.34 Å². The molecule has 0 aromatic rings. The maximum atomic E-state index is 3.92. The number of nitrogens with one attached hydrogen (secondary N) is 1. The van der Waals surface area contributed by atoms with Gasteiger partial charge in [0, 0.05) is 6.54 Å². The van der Waals surface area contributed by atoms with Crippen LogP contribution in [0.4, 0.5) is 0 Å². The SMILES string of the molecule is C1=NN[C@H]2CCCN12. The van der Waals surface area contributed by atoms with Gasteiger partial charge in [0.15, 0.2) is 0 Å². The van der Waals surface area contributed by atoms with Gasteiger partial charge in [0.25, 0.3) is 0 Å². The van der Waals surface area contributed by atoms with Crippen molar-refractivity contribution in [2.24, 2.45) is 5.10 Å². The van der Waals surface area contributed by atoms with Gasteiger partial charge < -0.3 is 4.90 Å². The highest BCUT2D eigenvalue weighted by Crippen LogP contribution is 2.14. The molecule has 0 aromatic heterocycles. The lowest BCUT2D eigenvalue weighted by atomic mass is 10.3. The van der Waals surface area contributed by atoms with Gasteiger partial charge in [-0.1, -0.05) is 0 Å². The molecule has 44 valence electrons. The maximum Gasteiger partial charge on any atom is 0.116 e. The Hall–Kier alpha value is -0.730. The lowest BCUT2D eigenvalue weighted by Gasteiger charge is -2.11. The first-order valence-electron chi connectivity index (χ1n) is 3.01. The Kier molecular flexibility index (Phi) is 0.716. The summed E-state index contributed by atoms with van der Waals surface area (Å²) >= 11 is 0. The molecule has 0 aromatic carbocycles. The molecule has 2 aliphatic rings. The number of rotatable bonds is 0. The van der Waals surface area contributed by atoms with E-state index in [9.17, 15) is 0 Å². The van der Waals surface area contributed by atoms with Gasteiger partial charge in [0.05, 0.1) is 0 Å². The summed E-state index contributed by atoms with van der Waals surface area (Å²) in [4.78, 5) is 2.24. The molecule has 1 atom stereocenters. The van der Waals surface area contributed by atoms with Crippen LogP contribution in [-0.4, -0.2) is 23.9 Å². The van der Waals surface area contributed by atoms with Gasteiger partial charge in [-0.2, -0.15) is 5.10 Å². The minimum Gasteiger partial charge on any atom is -0.340 e. The zero-order valence-corrected chi connectivity index (χ0v) is 4.67. The molecule has 0 bridgehead atoms. The highest BCUT2D eigenvalue weighted by molar-refractivity contribution is 5.57. The molecule has 2 rings (SSSR count). The summed E-state index contributed by atoms with van der Waals surface area (Å²) in [6.45, 7) is 1.18. The van der Waals surface area contributed by atoms with Crippen molar-refractivity contribution in [1.29, 1.82) is 0 Å². The van der Waals surface area contributed by atoms with Crippen molar-refractivity contribution in [3.05, 3.63) is 0 Å². The summed E-state index contributed by atoms with van der Waals surface area (Å²) in [5, 5.41) is 3.92. The van der Waals surface area contributed by atoms with E-state index in [1.165, 1.54) is 19.4 Å². The normalized spacial score (nSPS) is 33.0. The van der Waals surface area contributed by atoms with E-state index in [1.807, 2.05) is 6.34 Å². The number of hydrogen-bond donors (Lipinski definition) is 1. The molecule has 3 heteroatoms. The maximum absolute atomic E-state index is 3.92. The third-order valence-corrected chi connectivity index (χ3v) is 1.72. The Balaban J connectivity index is 2.13. The van der Waals surface area contributed by atoms with Crippen LogP contribution in [0, 0.1) is 0 Å². The van der Waals surface area contributed by atoms with Crippen LogP contribution in [0.1, 0.15) is 12.8 Å². The fourth-order valence-electron chi connectivity index (χ4n) is 1.26. The molecule has 3 nitrogen and oxygen atoms in total. The number of nitrogens with zero attached hydrogens (tertiary/aromatic N) is 2. The average Bonchev–Trinajstić information content (AvgIpc) is 2.15. The largest absolute Gasteiger partial charge is 0.340 e. The van der Waals surface area contributed by atoms with Crippen molar-refractivity contribution in [3.63, 3.8) is 0 Å². The number of hydrazone groups is 1. The summed E-state index contributed by atoms with van der Waals surface area (Å²) in [5.74, 6) is 0. The zero-order valence-electron chi connectivity index (χ0n) is 4.67. The van der Waals surface area contributed by atoms with Crippen LogP contribution in [0.25, 0.3) is 0 Å². The first kappa shape index (κ1) is 4.18. The number of hydrogen-bond acceptors (Lipinski definition) is 3. The molecule has 1 saturated heterocycles. The third-order valence-electron chi connectivity index (χ3n) is 1.72. The fraction of sp³-hybridized carbons (Fsp3) is 0.800. The second-order valence-electron chi connectivity index (χ2n) is 2.27. The molecule has 0 unspecified atom stereocenters. The summed E-state index contributed by atoms with van der Waals surface area (Å²) in [7, 11) is 0. The Morgan fingerprint density at radius 1 is 1.75 bits per heavy atom. The predicted molar refractivity (Wildman–Crippen MR) is 31.4 cm³/mol. The zero-order chi connectivity index (χ0) is 5.40. The van der Waals surface area contributed by atoms with E-state index in [2.05, 4.69) is 15.4 Å². The van der Waals surface area contributed by atoms with Gasteiger partial charge in [-0.05, 0) is 12.8 Å². The van der Waals surface area contributed by atoms with Crippen LogP contribution in [0.15, 0.2) is 5.10 Å². The Morgan fingerprint density at radius 2 is 2.75 bits per heavy atom. The van der Waals surface area contributed by atoms with Crippen LogP contribution in [0.2, 0.25) is 0 Å². The van der Waals surface area contributed by atoms with Gasteiger partial charge >= 0.3 is 0 Å². The van der Waals surface area contributed by atoms with Crippen LogP contribution in [0.3, 0.4) is 0 Å². The number of fused-ring (bicyclic) bond motifs is 1. The highest BCUT2D eigenvalue weighted by atomic mass is 15.5. The van der Waals surface area contributed by atoms with Gasteiger partial charge in [0.1, 0.15) is 12.5 Å². The highest BCUT2D eigenvalue weighted by Gasteiger charge is 2.24. The standard InChI is InChI=1S/C5H9N3/c1-2-5-7-6-4-8(5)3-1/h4-5,7H,1-3H2/t5-/m1/s1. The van der Waals surface area contributed by atoms with Crippen molar-refractivity contribution in [3.8, 4) is 0 Å².